The van der Waals surface area contributed by atoms with Gasteiger partial charge in [-0.15, -0.1) is 0 Å². The highest BCUT2D eigenvalue weighted by atomic mass is 15.1. The Morgan fingerprint density at radius 1 is 1.32 bits per heavy atom. The van der Waals surface area contributed by atoms with E-state index in [0.717, 1.165) is 24.7 Å². The van der Waals surface area contributed by atoms with Gasteiger partial charge in [-0.05, 0) is 69.3 Å². The van der Waals surface area contributed by atoms with Crippen molar-refractivity contribution >= 4 is 5.82 Å². The predicted molar refractivity (Wildman–Crippen MR) is 79.6 cm³/mol. The Morgan fingerprint density at radius 3 is 2.95 bits per heavy atom. The third-order valence-corrected chi connectivity index (χ3v) is 4.60. The van der Waals surface area contributed by atoms with Crippen molar-refractivity contribution < 1.29 is 0 Å². The summed E-state index contributed by atoms with van der Waals surface area (Å²) in [5, 5.41) is 3.44. The highest BCUT2D eigenvalue weighted by molar-refractivity contribution is 5.47. The zero-order chi connectivity index (χ0) is 13.1. The molecule has 0 aliphatic carbocycles. The molecule has 1 aromatic heterocycles. The number of anilines is 1. The van der Waals surface area contributed by atoms with Gasteiger partial charge in [0.15, 0.2) is 0 Å². The first kappa shape index (κ1) is 12.9. The first-order valence-electron chi connectivity index (χ1n) is 7.80. The van der Waals surface area contributed by atoms with Crippen molar-refractivity contribution in [1.82, 2.24) is 9.88 Å². The molecule has 0 spiro atoms. The van der Waals surface area contributed by atoms with Crippen molar-refractivity contribution in [3.05, 3.63) is 23.4 Å². The van der Waals surface area contributed by atoms with E-state index in [1.54, 1.807) is 0 Å². The van der Waals surface area contributed by atoms with Gasteiger partial charge in [-0.1, -0.05) is 13.0 Å². The van der Waals surface area contributed by atoms with E-state index in [9.17, 15) is 0 Å². The van der Waals surface area contributed by atoms with Crippen LogP contribution in [-0.4, -0.2) is 36.1 Å². The fourth-order valence-electron chi connectivity index (χ4n) is 3.29. The molecule has 1 saturated heterocycles. The summed E-state index contributed by atoms with van der Waals surface area (Å²) < 4.78 is 0. The van der Waals surface area contributed by atoms with Gasteiger partial charge in [-0.2, -0.15) is 0 Å². The first-order valence-corrected chi connectivity index (χ1v) is 7.80. The van der Waals surface area contributed by atoms with E-state index in [1.165, 1.54) is 56.6 Å². The van der Waals surface area contributed by atoms with Crippen LogP contribution in [0.4, 0.5) is 5.82 Å². The van der Waals surface area contributed by atoms with Crippen molar-refractivity contribution in [3.8, 4) is 0 Å². The standard InChI is InChI=1S/C16H25N3/c1-2-19-10-7-13(8-11-19)12-15-6-5-14-4-3-9-17-16(14)18-15/h5-6,13H,2-4,7-12H2,1H3,(H,17,18). The second-order valence-electron chi connectivity index (χ2n) is 5.92. The maximum absolute atomic E-state index is 4.82. The average molecular weight is 259 g/mol. The van der Waals surface area contributed by atoms with Crippen LogP contribution < -0.4 is 5.32 Å². The Hall–Kier alpha value is -1.09. The molecule has 1 aromatic rings. The van der Waals surface area contributed by atoms with Crippen LogP contribution >= 0.6 is 0 Å². The maximum atomic E-state index is 4.82. The van der Waals surface area contributed by atoms with Crippen LogP contribution in [0.3, 0.4) is 0 Å². The number of likely N-dealkylation sites (tertiary alicyclic amines) is 1. The van der Waals surface area contributed by atoms with Crippen LogP contribution in [0.15, 0.2) is 12.1 Å². The second kappa shape index (κ2) is 5.91. The summed E-state index contributed by atoms with van der Waals surface area (Å²) in [6.07, 6.45) is 6.25. The molecule has 0 radical (unpaired) electrons. The SMILES string of the molecule is CCN1CCC(Cc2ccc3c(n2)NCCC3)CC1. The minimum absolute atomic E-state index is 0.831. The number of nitrogens with zero attached hydrogens (tertiary/aromatic N) is 2. The monoisotopic (exact) mass is 259 g/mol. The number of hydrogen-bond donors (Lipinski definition) is 1. The van der Waals surface area contributed by atoms with E-state index < -0.39 is 0 Å². The van der Waals surface area contributed by atoms with Gasteiger partial charge in [0.1, 0.15) is 5.82 Å². The lowest BCUT2D eigenvalue weighted by Gasteiger charge is -2.31. The molecule has 2 aliphatic heterocycles. The molecule has 3 heterocycles. The summed E-state index contributed by atoms with van der Waals surface area (Å²) in [6, 6.07) is 4.53. The Kier molecular flexibility index (Phi) is 4.02. The summed E-state index contributed by atoms with van der Waals surface area (Å²) in [7, 11) is 0. The van der Waals surface area contributed by atoms with Gasteiger partial charge in [0.2, 0.25) is 0 Å². The minimum atomic E-state index is 0.831. The van der Waals surface area contributed by atoms with Gasteiger partial charge in [-0.25, -0.2) is 4.98 Å². The molecular weight excluding hydrogens is 234 g/mol. The summed E-state index contributed by atoms with van der Waals surface area (Å²) >= 11 is 0. The number of hydrogen-bond acceptors (Lipinski definition) is 3. The quantitative estimate of drug-likeness (QED) is 0.904. The van der Waals surface area contributed by atoms with Gasteiger partial charge >= 0.3 is 0 Å². The molecule has 3 rings (SSSR count). The van der Waals surface area contributed by atoms with Crippen molar-refractivity contribution in [2.45, 2.75) is 39.0 Å². The van der Waals surface area contributed by atoms with Gasteiger partial charge in [0.25, 0.3) is 0 Å². The predicted octanol–water partition coefficient (Wildman–Crippen LogP) is 2.71. The molecule has 0 aromatic carbocycles. The molecule has 3 nitrogen and oxygen atoms in total. The highest BCUT2D eigenvalue weighted by Crippen LogP contribution is 2.24. The van der Waals surface area contributed by atoms with Crippen molar-refractivity contribution in [3.63, 3.8) is 0 Å². The van der Waals surface area contributed by atoms with Gasteiger partial charge in [0, 0.05) is 12.2 Å². The lowest BCUT2D eigenvalue weighted by atomic mass is 9.91. The maximum Gasteiger partial charge on any atom is 0.129 e. The fraction of sp³-hybridized carbons (Fsp3) is 0.688. The second-order valence-corrected chi connectivity index (χ2v) is 5.92. The molecule has 2 aliphatic rings. The summed E-state index contributed by atoms with van der Waals surface area (Å²) in [6.45, 7) is 7.08. The Morgan fingerprint density at radius 2 is 2.16 bits per heavy atom. The van der Waals surface area contributed by atoms with E-state index in [2.05, 4.69) is 29.3 Å². The normalized spacial score (nSPS) is 20.9. The van der Waals surface area contributed by atoms with E-state index in [0.29, 0.717) is 0 Å². The van der Waals surface area contributed by atoms with Crippen LogP contribution in [0.25, 0.3) is 0 Å². The zero-order valence-electron chi connectivity index (χ0n) is 12.0. The Labute approximate surface area is 116 Å². The number of piperidine rings is 1. The number of aryl methyl sites for hydroxylation is 1. The topological polar surface area (TPSA) is 28.2 Å². The van der Waals surface area contributed by atoms with Gasteiger partial charge in [-0.3, -0.25) is 0 Å². The van der Waals surface area contributed by atoms with Gasteiger partial charge < -0.3 is 10.2 Å². The summed E-state index contributed by atoms with van der Waals surface area (Å²) in [4.78, 5) is 7.38. The van der Waals surface area contributed by atoms with E-state index in [1.807, 2.05) is 0 Å². The molecular formula is C16H25N3. The number of aromatic nitrogens is 1. The van der Waals surface area contributed by atoms with Crippen LogP contribution in [0.1, 0.15) is 37.4 Å². The molecule has 0 unspecified atom stereocenters. The molecule has 1 fully saturated rings. The van der Waals surface area contributed by atoms with Crippen LogP contribution in [-0.2, 0) is 12.8 Å². The van der Waals surface area contributed by atoms with Crippen molar-refractivity contribution in [2.24, 2.45) is 5.92 Å². The van der Waals surface area contributed by atoms with E-state index >= 15 is 0 Å². The molecule has 0 saturated carbocycles. The molecule has 19 heavy (non-hydrogen) atoms. The summed E-state index contributed by atoms with van der Waals surface area (Å²) in [5.41, 5.74) is 2.68. The Bertz CT molecular complexity index is 422. The van der Waals surface area contributed by atoms with Crippen LogP contribution in [0, 0.1) is 5.92 Å². The smallest absolute Gasteiger partial charge is 0.129 e. The third kappa shape index (κ3) is 3.08. The zero-order valence-corrected chi connectivity index (χ0v) is 12.0. The highest BCUT2D eigenvalue weighted by Gasteiger charge is 2.19. The lowest BCUT2D eigenvalue weighted by molar-refractivity contribution is 0.191. The van der Waals surface area contributed by atoms with Crippen LogP contribution in [0.2, 0.25) is 0 Å². The number of pyridine rings is 1. The molecule has 0 bridgehead atoms. The number of fused-ring (bicyclic) bond motifs is 1. The number of rotatable bonds is 3. The average Bonchev–Trinajstić information content (AvgIpc) is 2.48. The van der Waals surface area contributed by atoms with Crippen LogP contribution in [0.5, 0.6) is 0 Å². The lowest BCUT2D eigenvalue weighted by Crippen LogP contribution is -2.34. The van der Waals surface area contributed by atoms with Crippen molar-refractivity contribution in [1.29, 1.82) is 0 Å². The molecule has 104 valence electrons. The third-order valence-electron chi connectivity index (χ3n) is 4.60. The minimum Gasteiger partial charge on any atom is -0.370 e. The Balaban J connectivity index is 1.61. The molecule has 0 amide bonds. The largest absolute Gasteiger partial charge is 0.370 e. The van der Waals surface area contributed by atoms with Crippen molar-refractivity contribution in [2.75, 3.05) is 31.5 Å². The number of nitrogens with one attached hydrogen (secondary N) is 1. The molecule has 0 atom stereocenters. The summed E-state index contributed by atoms with van der Waals surface area (Å²) in [5.74, 6) is 1.98. The molecule has 3 heteroatoms. The van der Waals surface area contributed by atoms with Gasteiger partial charge in [0.05, 0.1) is 0 Å². The first-order chi connectivity index (χ1) is 9.35. The van der Waals surface area contributed by atoms with E-state index in [4.69, 9.17) is 4.98 Å². The fourth-order valence-corrected chi connectivity index (χ4v) is 3.29. The van der Waals surface area contributed by atoms with E-state index in [-0.39, 0.29) is 0 Å². The molecule has 1 N–H and O–H groups in total.